The molecule has 7 heteroatoms. The summed E-state index contributed by atoms with van der Waals surface area (Å²) in [6, 6.07) is 7.52. The van der Waals surface area contributed by atoms with Gasteiger partial charge in [-0.25, -0.2) is 0 Å². The highest BCUT2D eigenvalue weighted by atomic mass is 16.5. The number of rotatable bonds is 6. The minimum absolute atomic E-state index is 0.0186. The summed E-state index contributed by atoms with van der Waals surface area (Å²) in [5.74, 6) is -0.517. The Bertz CT molecular complexity index is 637. The van der Waals surface area contributed by atoms with Gasteiger partial charge in [0.25, 0.3) is 5.91 Å². The van der Waals surface area contributed by atoms with Crippen molar-refractivity contribution >= 4 is 23.5 Å². The van der Waals surface area contributed by atoms with E-state index in [9.17, 15) is 14.4 Å². The zero-order valence-electron chi connectivity index (χ0n) is 15.7. The lowest BCUT2D eigenvalue weighted by Gasteiger charge is -2.28. The van der Waals surface area contributed by atoms with Crippen molar-refractivity contribution in [2.45, 2.75) is 19.8 Å². The zero-order chi connectivity index (χ0) is 19.1. The second kappa shape index (κ2) is 9.33. The van der Waals surface area contributed by atoms with Crippen molar-refractivity contribution in [2.75, 3.05) is 45.7 Å². The van der Waals surface area contributed by atoms with Gasteiger partial charge in [-0.3, -0.25) is 14.4 Å². The largest absolute Gasteiger partial charge is 0.469 e. The lowest BCUT2D eigenvalue weighted by molar-refractivity contribution is -0.898. The first-order chi connectivity index (χ1) is 12.4. The molecule has 0 unspecified atom stereocenters. The standard InChI is InChI=1S/C19H27N3O4/c1-14-4-6-16(7-5-14)20-17(23)12-21(2)18(24)13-22-10-8-15(9-11-22)19(25)26-3/h4-7,15H,8-13H2,1-3H3,(H,20,23)/p+1. The van der Waals surface area contributed by atoms with Gasteiger partial charge >= 0.3 is 5.97 Å². The number of benzene rings is 1. The molecule has 1 fully saturated rings. The maximum absolute atomic E-state index is 12.3. The van der Waals surface area contributed by atoms with Gasteiger partial charge in [-0.05, 0) is 19.1 Å². The Balaban J connectivity index is 1.74. The summed E-state index contributed by atoms with van der Waals surface area (Å²) < 4.78 is 4.78. The van der Waals surface area contributed by atoms with Gasteiger partial charge in [-0.1, -0.05) is 17.7 Å². The molecule has 0 atom stereocenters. The van der Waals surface area contributed by atoms with Crippen LogP contribution in [0.5, 0.6) is 0 Å². The normalized spacial score (nSPS) is 19.5. The number of methoxy groups -OCH3 is 1. The molecule has 0 spiro atoms. The first-order valence-electron chi connectivity index (χ1n) is 8.91. The third-order valence-electron chi connectivity index (χ3n) is 4.77. The highest BCUT2D eigenvalue weighted by molar-refractivity contribution is 5.94. The molecule has 26 heavy (non-hydrogen) atoms. The number of carbonyl (C=O) groups excluding carboxylic acids is 3. The van der Waals surface area contributed by atoms with E-state index in [1.54, 1.807) is 7.05 Å². The second-order valence-electron chi connectivity index (χ2n) is 6.89. The quantitative estimate of drug-likeness (QED) is 0.691. The summed E-state index contributed by atoms with van der Waals surface area (Å²) in [6.45, 7) is 3.85. The van der Waals surface area contributed by atoms with E-state index in [1.165, 1.54) is 12.0 Å². The van der Waals surface area contributed by atoms with Gasteiger partial charge in [0.1, 0.15) is 0 Å². The van der Waals surface area contributed by atoms with Crippen LogP contribution < -0.4 is 10.2 Å². The number of anilines is 1. The van der Waals surface area contributed by atoms with Gasteiger partial charge in [0.15, 0.2) is 6.54 Å². The molecular weight excluding hydrogens is 334 g/mol. The van der Waals surface area contributed by atoms with Crippen LogP contribution in [0.3, 0.4) is 0 Å². The Labute approximate surface area is 154 Å². The second-order valence-corrected chi connectivity index (χ2v) is 6.89. The van der Waals surface area contributed by atoms with Crippen molar-refractivity contribution in [3.05, 3.63) is 29.8 Å². The van der Waals surface area contributed by atoms with Gasteiger partial charge in [0.05, 0.1) is 32.7 Å². The van der Waals surface area contributed by atoms with Gasteiger partial charge in [-0.2, -0.15) is 0 Å². The molecule has 2 rings (SSSR count). The van der Waals surface area contributed by atoms with Crippen molar-refractivity contribution in [3.63, 3.8) is 0 Å². The van der Waals surface area contributed by atoms with Crippen molar-refractivity contribution in [1.29, 1.82) is 0 Å². The smallest absolute Gasteiger partial charge is 0.309 e. The Morgan fingerprint density at radius 1 is 1.19 bits per heavy atom. The fraction of sp³-hybridized carbons (Fsp3) is 0.526. The Kier molecular flexibility index (Phi) is 7.15. The number of hydrogen-bond donors (Lipinski definition) is 2. The number of nitrogens with one attached hydrogen (secondary N) is 2. The molecule has 7 nitrogen and oxygen atoms in total. The van der Waals surface area contributed by atoms with Crippen LogP contribution in [0.2, 0.25) is 0 Å². The number of nitrogens with zero attached hydrogens (tertiary/aromatic N) is 1. The van der Waals surface area contributed by atoms with E-state index >= 15 is 0 Å². The molecule has 2 N–H and O–H groups in total. The third kappa shape index (κ3) is 5.84. The summed E-state index contributed by atoms with van der Waals surface area (Å²) in [7, 11) is 3.04. The van der Waals surface area contributed by atoms with Crippen LogP contribution in [0.25, 0.3) is 0 Å². The molecule has 0 bridgehead atoms. The molecule has 142 valence electrons. The molecule has 0 aliphatic carbocycles. The topological polar surface area (TPSA) is 80.2 Å². The summed E-state index contributed by atoms with van der Waals surface area (Å²) in [5.41, 5.74) is 1.84. The molecule has 0 aromatic heterocycles. The maximum Gasteiger partial charge on any atom is 0.309 e. The van der Waals surface area contributed by atoms with Crippen molar-refractivity contribution in [3.8, 4) is 0 Å². The molecule has 1 aliphatic rings. The molecule has 1 aliphatic heterocycles. The third-order valence-corrected chi connectivity index (χ3v) is 4.77. The monoisotopic (exact) mass is 362 g/mol. The van der Waals surface area contributed by atoms with Crippen LogP contribution in [0.1, 0.15) is 18.4 Å². The first-order valence-corrected chi connectivity index (χ1v) is 8.91. The molecular formula is C19H28N3O4+. The average Bonchev–Trinajstić information content (AvgIpc) is 2.63. The number of quaternary nitrogens is 1. The highest BCUT2D eigenvalue weighted by Crippen LogP contribution is 2.11. The number of likely N-dealkylation sites (N-methyl/N-ethyl adjacent to an activating group) is 1. The Morgan fingerprint density at radius 2 is 1.81 bits per heavy atom. The summed E-state index contributed by atoms with van der Waals surface area (Å²) in [4.78, 5) is 38.6. The van der Waals surface area contributed by atoms with E-state index in [-0.39, 0.29) is 30.2 Å². The number of aryl methyl sites for hydroxylation is 1. The van der Waals surface area contributed by atoms with E-state index in [4.69, 9.17) is 4.74 Å². The lowest BCUT2D eigenvalue weighted by Crippen LogP contribution is -3.14. The number of ether oxygens (including phenoxy) is 1. The average molecular weight is 362 g/mol. The predicted molar refractivity (Wildman–Crippen MR) is 97.7 cm³/mol. The van der Waals surface area contributed by atoms with Gasteiger partial charge in [0.2, 0.25) is 5.91 Å². The number of carbonyl (C=O) groups is 3. The summed E-state index contributed by atoms with van der Waals surface area (Å²) >= 11 is 0. The van der Waals surface area contributed by atoms with Crippen LogP contribution in [-0.2, 0) is 19.1 Å². The van der Waals surface area contributed by atoms with E-state index in [0.29, 0.717) is 6.54 Å². The lowest BCUT2D eigenvalue weighted by atomic mass is 9.97. The Morgan fingerprint density at radius 3 is 2.38 bits per heavy atom. The fourth-order valence-electron chi connectivity index (χ4n) is 3.10. The molecule has 1 aromatic rings. The molecule has 0 radical (unpaired) electrons. The van der Waals surface area contributed by atoms with E-state index in [1.807, 2.05) is 31.2 Å². The SMILES string of the molecule is COC(=O)C1CC[NH+](CC(=O)N(C)CC(=O)Nc2ccc(C)cc2)CC1. The fourth-order valence-corrected chi connectivity index (χ4v) is 3.10. The van der Waals surface area contributed by atoms with Crippen LogP contribution >= 0.6 is 0 Å². The van der Waals surface area contributed by atoms with E-state index in [0.717, 1.165) is 42.1 Å². The molecule has 1 saturated heterocycles. The van der Waals surface area contributed by atoms with Crippen LogP contribution in [0.4, 0.5) is 5.69 Å². The maximum atomic E-state index is 12.3. The summed E-state index contributed by atoms with van der Waals surface area (Å²) in [5, 5.41) is 2.79. The summed E-state index contributed by atoms with van der Waals surface area (Å²) in [6.07, 6.45) is 1.46. The number of likely N-dealkylation sites (tertiary alicyclic amines) is 1. The molecule has 2 amide bonds. The number of hydrogen-bond acceptors (Lipinski definition) is 4. The van der Waals surface area contributed by atoms with Crippen molar-refractivity contribution in [1.82, 2.24) is 4.90 Å². The zero-order valence-corrected chi connectivity index (χ0v) is 15.7. The minimum Gasteiger partial charge on any atom is -0.469 e. The van der Waals surface area contributed by atoms with E-state index in [2.05, 4.69) is 5.32 Å². The number of piperidine rings is 1. The number of esters is 1. The van der Waals surface area contributed by atoms with Gasteiger partial charge in [0, 0.05) is 25.6 Å². The van der Waals surface area contributed by atoms with Crippen LogP contribution in [0, 0.1) is 12.8 Å². The van der Waals surface area contributed by atoms with Gasteiger partial charge < -0.3 is 19.9 Å². The van der Waals surface area contributed by atoms with Crippen molar-refractivity contribution in [2.24, 2.45) is 5.92 Å². The molecule has 0 saturated carbocycles. The predicted octanol–water partition coefficient (Wildman–Crippen LogP) is -0.140. The van der Waals surface area contributed by atoms with Crippen LogP contribution in [-0.4, -0.2) is 63.0 Å². The van der Waals surface area contributed by atoms with Crippen LogP contribution in [0.15, 0.2) is 24.3 Å². The van der Waals surface area contributed by atoms with Crippen molar-refractivity contribution < 1.29 is 24.0 Å². The van der Waals surface area contributed by atoms with E-state index < -0.39 is 0 Å². The number of amides is 2. The minimum atomic E-state index is -0.218. The van der Waals surface area contributed by atoms with Gasteiger partial charge in [-0.15, -0.1) is 0 Å². The Hall–Kier alpha value is -2.41. The first kappa shape index (κ1) is 19.9. The molecule has 1 heterocycles. The molecule has 1 aromatic carbocycles. The highest BCUT2D eigenvalue weighted by Gasteiger charge is 2.29.